The molecule has 2 aliphatic rings. The van der Waals surface area contributed by atoms with Crippen LogP contribution in [0.2, 0.25) is 0 Å². The van der Waals surface area contributed by atoms with Crippen molar-refractivity contribution in [3.63, 3.8) is 0 Å². The Morgan fingerprint density at radius 1 is 1.09 bits per heavy atom. The molecular weight excluding hydrogens is 448 g/mol. The Balaban J connectivity index is 1.45. The summed E-state index contributed by atoms with van der Waals surface area (Å²) in [6, 6.07) is 7.57. The maximum atomic E-state index is 14.2. The van der Waals surface area contributed by atoms with Crippen LogP contribution in [0.15, 0.2) is 48.9 Å². The minimum atomic E-state index is -0.687. The van der Waals surface area contributed by atoms with Crippen molar-refractivity contribution in [3.05, 3.63) is 66.1 Å². The Morgan fingerprint density at radius 2 is 1.91 bits per heavy atom. The van der Waals surface area contributed by atoms with Crippen LogP contribution in [-0.4, -0.2) is 45.6 Å². The molecule has 178 valence electrons. The fourth-order valence-electron chi connectivity index (χ4n) is 4.66. The molecule has 0 amide bonds. The zero-order valence-electron chi connectivity index (χ0n) is 19.3. The van der Waals surface area contributed by atoms with Gasteiger partial charge in [-0.15, -0.1) is 0 Å². The summed E-state index contributed by atoms with van der Waals surface area (Å²) in [7, 11) is 0. The Labute approximate surface area is 201 Å². The van der Waals surface area contributed by atoms with Gasteiger partial charge >= 0.3 is 0 Å². The van der Waals surface area contributed by atoms with Gasteiger partial charge in [-0.3, -0.25) is 4.98 Å². The van der Waals surface area contributed by atoms with Gasteiger partial charge in [-0.25, -0.2) is 23.7 Å². The summed E-state index contributed by atoms with van der Waals surface area (Å²) < 4.78 is 28.3. The molecule has 0 radical (unpaired) electrons. The molecule has 2 fully saturated rings. The lowest BCUT2D eigenvalue weighted by Crippen LogP contribution is -2.49. The Kier molecular flexibility index (Phi) is 5.49. The third-order valence-corrected chi connectivity index (χ3v) is 6.54. The lowest BCUT2D eigenvalue weighted by Gasteiger charge is -2.33. The largest absolute Gasteiger partial charge is 0.353 e. The van der Waals surface area contributed by atoms with Gasteiger partial charge in [-0.1, -0.05) is 6.07 Å². The first-order chi connectivity index (χ1) is 17.1. The SMILES string of the molecule is C[C@H]1CN(c2nc(-c3ccnc(Nc4c(F)cccc4F)c3)nc3cncc(C4CC4)c23)CCN1. The Morgan fingerprint density at radius 3 is 2.69 bits per heavy atom. The molecule has 4 heterocycles. The number of fused-ring (bicyclic) bond motifs is 1. The molecule has 4 aromatic rings. The lowest BCUT2D eigenvalue weighted by atomic mass is 10.1. The van der Waals surface area contributed by atoms with Gasteiger partial charge in [-0.05, 0) is 55.5 Å². The number of para-hydroxylation sites is 1. The minimum Gasteiger partial charge on any atom is -0.353 e. The highest BCUT2D eigenvalue weighted by Crippen LogP contribution is 2.45. The number of hydrogen-bond donors (Lipinski definition) is 2. The van der Waals surface area contributed by atoms with Crippen LogP contribution in [0.25, 0.3) is 22.3 Å². The van der Waals surface area contributed by atoms with E-state index in [0.717, 1.165) is 49.2 Å². The molecule has 6 rings (SSSR count). The molecule has 7 nitrogen and oxygen atoms in total. The minimum absolute atomic E-state index is 0.245. The van der Waals surface area contributed by atoms with E-state index in [4.69, 9.17) is 9.97 Å². The van der Waals surface area contributed by atoms with Gasteiger partial charge in [0.25, 0.3) is 0 Å². The summed E-state index contributed by atoms with van der Waals surface area (Å²) in [5.41, 5.74) is 2.46. The number of aromatic nitrogens is 4. The van der Waals surface area contributed by atoms with Crippen molar-refractivity contribution in [2.24, 2.45) is 0 Å². The molecule has 1 saturated heterocycles. The van der Waals surface area contributed by atoms with Crippen LogP contribution in [-0.2, 0) is 0 Å². The summed E-state index contributed by atoms with van der Waals surface area (Å²) in [6.07, 6.45) is 7.64. The van der Waals surface area contributed by atoms with Crippen molar-refractivity contribution in [3.8, 4) is 11.4 Å². The number of hydrogen-bond acceptors (Lipinski definition) is 7. The fraction of sp³-hybridized carbons (Fsp3) is 0.308. The van der Waals surface area contributed by atoms with E-state index in [0.29, 0.717) is 29.2 Å². The second kappa shape index (κ2) is 8.81. The normalized spacial score (nSPS) is 18.1. The number of rotatable bonds is 5. The van der Waals surface area contributed by atoms with Gasteiger partial charge in [-0.2, -0.15) is 0 Å². The maximum Gasteiger partial charge on any atom is 0.162 e. The fourth-order valence-corrected chi connectivity index (χ4v) is 4.66. The first-order valence-electron chi connectivity index (χ1n) is 11.9. The van der Waals surface area contributed by atoms with Gasteiger partial charge in [0, 0.05) is 49.0 Å². The topological polar surface area (TPSA) is 78.9 Å². The van der Waals surface area contributed by atoms with E-state index < -0.39 is 11.6 Å². The number of pyridine rings is 2. The molecule has 0 unspecified atom stereocenters. The highest BCUT2D eigenvalue weighted by Gasteiger charge is 2.30. The van der Waals surface area contributed by atoms with E-state index >= 15 is 0 Å². The van der Waals surface area contributed by atoms with Crippen LogP contribution in [0.1, 0.15) is 31.2 Å². The average molecular weight is 474 g/mol. The van der Waals surface area contributed by atoms with Crippen LogP contribution in [0, 0.1) is 11.6 Å². The quantitative estimate of drug-likeness (QED) is 0.432. The smallest absolute Gasteiger partial charge is 0.162 e. The first-order valence-corrected chi connectivity index (χ1v) is 11.9. The highest BCUT2D eigenvalue weighted by atomic mass is 19.1. The predicted molar refractivity (Wildman–Crippen MR) is 132 cm³/mol. The summed E-state index contributed by atoms with van der Waals surface area (Å²) >= 11 is 0. The number of nitrogens with zero attached hydrogens (tertiary/aromatic N) is 5. The second-order valence-electron chi connectivity index (χ2n) is 9.22. The lowest BCUT2D eigenvalue weighted by molar-refractivity contribution is 0.483. The van der Waals surface area contributed by atoms with Crippen molar-refractivity contribution in [1.29, 1.82) is 0 Å². The Bertz CT molecular complexity index is 1390. The number of anilines is 3. The van der Waals surface area contributed by atoms with Gasteiger partial charge < -0.3 is 15.5 Å². The molecule has 1 atom stereocenters. The van der Waals surface area contributed by atoms with Crippen LogP contribution < -0.4 is 15.5 Å². The second-order valence-corrected chi connectivity index (χ2v) is 9.22. The molecule has 9 heteroatoms. The van der Waals surface area contributed by atoms with Crippen molar-refractivity contribution in [2.75, 3.05) is 29.9 Å². The van der Waals surface area contributed by atoms with E-state index in [1.807, 2.05) is 6.20 Å². The molecule has 0 bridgehead atoms. The summed E-state index contributed by atoms with van der Waals surface area (Å²) in [5.74, 6) is 0.868. The van der Waals surface area contributed by atoms with Crippen LogP contribution in [0.3, 0.4) is 0 Å². The van der Waals surface area contributed by atoms with Gasteiger partial charge in [0.05, 0.1) is 11.7 Å². The molecule has 1 aliphatic heterocycles. The van der Waals surface area contributed by atoms with E-state index in [9.17, 15) is 8.78 Å². The molecule has 2 N–H and O–H groups in total. The predicted octanol–water partition coefficient (Wildman–Crippen LogP) is 4.78. The van der Waals surface area contributed by atoms with Gasteiger partial charge in [0.2, 0.25) is 0 Å². The number of piperazine rings is 1. The van der Waals surface area contributed by atoms with Crippen molar-refractivity contribution in [2.45, 2.75) is 31.7 Å². The van der Waals surface area contributed by atoms with Crippen molar-refractivity contribution in [1.82, 2.24) is 25.3 Å². The van der Waals surface area contributed by atoms with Crippen molar-refractivity contribution < 1.29 is 8.78 Å². The number of nitrogens with one attached hydrogen (secondary N) is 2. The van der Waals surface area contributed by atoms with E-state index in [2.05, 4.69) is 32.4 Å². The molecule has 1 aromatic carbocycles. The van der Waals surface area contributed by atoms with Gasteiger partial charge in [0.1, 0.15) is 29.0 Å². The van der Waals surface area contributed by atoms with Gasteiger partial charge in [0.15, 0.2) is 5.82 Å². The standard InChI is InChI=1S/C26H25F2N7/c1-15-14-35(10-9-30-15)26-23-18(16-5-6-16)12-29-13-21(23)32-25(34-26)17-7-8-31-22(11-17)33-24-19(27)3-2-4-20(24)28/h2-4,7-8,11-13,15-16,30H,5-6,9-10,14H2,1H3,(H,31,33)/t15-/m0/s1. The maximum absolute atomic E-state index is 14.2. The molecular formula is C26H25F2N7. The summed E-state index contributed by atoms with van der Waals surface area (Å²) in [6.45, 7) is 4.73. The zero-order chi connectivity index (χ0) is 23.9. The summed E-state index contributed by atoms with van der Waals surface area (Å²) in [5, 5.41) is 7.32. The molecule has 1 aliphatic carbocycles. The molecule has 0 spiro atoms. The average Bonchev–Trinajstić information content (AvgIpc) is 3.71. The van der Waals surface area contributed by atoms with E-state index in [1.54, 1.807) is 24.5 Å². The Hall–Kier alpha value is -3.72. The number of halogens is 2. The number of benzene rings is 1. The molecule has 35 heavy (non-hydrogen) atoms. The third kappa shape index (κ3) is 4.27. The first kappa shape index (κ1) is 21.8. The monoisotopic (exact) mass is 473 g/mol. The van der Waals surface area contributed by atoms with Crippen LogP contribution in [0.4, 0.5) is 26.1 Å². The van der Waals surface area contributed by atoms with Crippen LogP contribution in [0.5, 0.6) is 0 Å². The zero-order valence-corrected chi connectivity index (χ0v) is 19.3. The summed E-state index contributed by atoms with van der Waals surface area (Å²) in [4.78, 5) is 20.9. The third-order valence-electron chi connectivity index (χ3n) is 6.54. The van der Waals surface area contributed by atoms with E-state index in [-0.39, 0.29) is 5.69 Å². The van der Waals surface area contributed by atoms with E-state index in [1.165, 1.54) is 23.8 Å². The molecule has 1 saturated carbocycles. The highest BCUT2D eigenvalue weighted by molar-refractivity contribution is 5.94. The van der Waals surface area contributed by atoms with Crippen LogP contribution >= 0.6 is 0 Å². The molecule has 3 aromatic heterocycles. The van der Waals surface area contributed by atoms with Crippen molar-refractivity contribution >= 4 is 28.2 Å².